The normalized spacial score (nSPS) is 19.4. The van der Waals surface area contributed by atoms with E-state index in [1.54, 1.807) is 10.5 Å². The first kappa shape index (κ1) is 17.4. The van der Waals surface area contributed by atoms with Crippen LogP contribution in [0.15, 0.2) is 42.6 Å². The van der Waals surface area contributed by atoms with Crippen LogP contribution in [0.5, 0.6) is 0 Å². The Morgan fingerprint density at radius 2 is 1.77 bits per heavy atom. The maximum Gasteiger partial charge on any atom is 0.216 e. The van der Waals surface area contributed by atoms with Gasteiger partial charge < -0.3 is 5.32 Å². The van der Waals surface area contributed by atoms with Crippen molar-refractivity contribution in [3.05, 3.63) is 54.0 Å². The fraction of sp³-hybridized carbons (Fsp3) is 0.474. The van der Waals surface area contributed by atoms with Gasteiger partial charge in [-0.1, -0.05) is 30.3 Å². The molecule has 0 amide bonds. The highest BCUT2D eigenvalue weighted by atomic mass is 32.2. The first-order valence-electron chi connectivity index (χ1n) is 9.22. The summed E-state index contributed by atoms with van der Waals surface area (Å²) in [6.07, 6.45) is 5.75. The van der Waals surface area contributed by atoms with E-state index in [4.69, 9.17) is 0 Å². The van der Waals surface area contributed by atoms with Crippen LogP contribution in [0.1, 0.15) is 37.1 Å². The molecule has 2 heterocycles. The van der Waals surface area contributed by atoms with Gasteiger partial charge in [-0.2, -0.15) is 0 Å². The molecule has 1 saturated carbocycles. The summed E-state index contributed by atoms with van der Waals surface area (Å²) in [5.41, 5.74) is 1.18. The molecule has 4 rings (SSSR count). The van der Waals surface area contributed by atoms with Crippen LogP contribution in [-0.4, -0.2) is 47.1 Å². The zero-order chi connectivity index (χ0) is 18.0. The summed E-state index contributed by atoms with van der Waals surface area (Å²) in [6.45, 7) is 1.19. The topological polar surface area (TPSA) is 75.2 Å². The van der Waals surface area contributed by atoms with E-state index in [0.29, 0.717) is 19.5 Å². The maximum absolute atomic E-state index is 12.3. The second-order valence-electron chi connectivity index (χ2n) is 7.08. The third kappa shape index (κ3) is 4.04. The predicted octanol–water partition coefficient (Wildman–Crippen LogP) is 2.44. The SMILES string of the molecule is O=S(=O)(C1CC1)N1CCC(Nc2ccnc(Cc3ccccc3)n2)CC1. The molecule has 26 heavy (non-hydrogen) atoms. The number of aromatic nitrogens is 2. The first-order chi connectivity index (χ1) is 12.6. The highest BCUT2D eigenvalue weighted by Crippen LogP contribution is 2.32. The van der Waals surface area contributed by atoms with Gasteiger partial charge in [-0.05, 0) is 37.3 Å². The van der Waals surface area contributed by atoms with Crippen LogP contribution in [0, 0.1) is 0 Å². The molecule has 0 spiro atoms. The van der Waals surface area contributed by atoms with Crippen LogP contribution in [0.4, 0.5) is 5.82 Å². The minimum atomic E-state index is -3.05. The van der Waals surface area contributed by atoms with Crippen LogP contribution in [0.25, 0.3) is 0 Å². The van der Waals surface area contributed by atoms with Gasteiger partial charge >= 0.3 is 0 Å². The van der Waals surface area contributed by atoms with Crippen LogP contribution in [0.2, 0.25) is 0 Å². The van der Waals surface area contributed by atoms with Gasteiger partial charge in [0.25, 0.3) is 0 Å². The second kappa shape index (κ2) is 7.32. The fourth-order valence-corrected chi connectivity index (χ4v) is 5.26. The molecule has 138 valence electrons. The van der Waals surface area contributed by atoms with Gasteiger partial charge in [0, 0.05) is 31.7 Å². The van der Waals surface area contributed by atoms with Crippen LogP contribution >= 0.6 is 0 Å². The summed E-state index contributed by atoms with van der Waals surface area (Å²) in [4.78, 5) is 8.97. The molecule has 6 nitrogen and oxygen atoms in total. The molecule has 1 aromatic carbocycles. The average molecular weight is 372 g/mol. The molecule has 1 aliphatic heterocycles. The highest BCUT2D eigenvalue weighted by Gasteiger charge is 2.41. The number of hydrogen-bond donors (Lipinski definition) is 1. The molecule has 2 aromatic rings. The van der Waals surface area contributed by atoms with Crippen molar-refractivity contribution >= 4 is 15.8 Å². The van der Waals surface area contributed by atoms with Gasteiger partial charge in [0.1, 0.15) is 11.6 Å². The number of benzene rings is 1. The van der Waals surface area contributed by atoms with Gasteiger partial charge in [0.2, 0.25) is 10.0 Å². The number of nitrogens with zero attached hydrogens (tertiary/aromatic N) is 3. The Bertz CT molecular complexity index is 845. The van der Waals surface area contributed by atoms with E-state index in [9.17, 15) is 8.42 Å². The molecular weight excluding hydrogens is 348 g/mol. The fourth-order valence-electron chi connectivity index (χ4n) is 3.38. The van der Waals surface area contributed by atoms with Crippen molar-refractivity contribution in [2.75, 3.05) is 18.4 Å². The van der Waals surface area contributed by atoms with E-state index in [2.05, 4.69) is 27.4 Å². The van der Waals surface area contributed by atoms with Gasteiger partial charge in [0.15, 0.2) is 0 Å². The molecule has 1 aliphatic carbocycles. The van der Waals surface area contributed by atoms with Crippen LogP contribution < -0.4 is 5.32 Å². The molecule has 2 aliphatic rings. The molecule has 0 radical (unpaired) electrons. The Morgan fingerprint density at radius 1 is 1.04 bits per heavy atom. The van der Waals surface area contributed by atoms with E-state index in [1.165, 1.54) is 5.56 Å². The summed E-state index contributed by atoms with van der Waals surface area (Å²) in [7, 11) is -3.05. The lowest BCUT2D eigenvalue weighted by molar-refractivity contribution is 0.329. The first-order valence-corrected chi connectivity index (χ1v) is 10.7. The Kier molecular flexibility index (Phi) is 4.91. The molecule has 1 saturated heterocycles. The zero-order valence-corrected chi connectivity index (χ0v) is 15.5. The summed E-state index contributed by atoms with van der Waals surface area (Å²) in [5, 5.41) is 3.33. The zero-order valence-electron chi connectivity index (χ0n) is 14.7. The molecule has 0 atom stereocenters. The summed E-state index contributed by atoms with van der Waals surface area (Å²) in [6, 6.07) is 12.3. The van der Waals surface area contributed by atoms with Crippen molar-refractivity contribution in [2.24, 2.45) is 0 Å². The number of sulfonamides is 1. The molecular formula is C19H24N4O2S. The number of hydrogen-bond acceptors (Lipinski definition) is 5. The molecule has 2 fully saturated rings. The van der Waals surface area contributed by atoms with E-state index >= 15 is 0 Å². The Hall–Kier alpha value is -1.99. The molecule has 0 bridgehead atoms. The minimum Gasteiger partial charge on any atom is -0.367 e. The smallest absolute Gasteiger partial charge is 0.216 e. The number of piperidine rings is 1. The van der Waals surface area contributed by atoms with Crippen molar-refractivity contribution in [3.63, 3.8) is 0 Å². The van der Waals surface area contributed by atoms with Gasteiger partial charge in [-0.25, -0.2) is 22.7 Å². The van der Waals surface area contributed by atoms with Crippen molar-refractivity contribution in [3.8, 4) is 0 Å². The minimum absolute atomic E-state index is 0.116. The number of nitrogens with one attached hydrogen (secondary N) is 1. The Morgan fingerprint density at radius 3 is 2.46 bits per heavy atom. The van der Waals surface area contributed by atoms with Crippen molar-refractivity contribution in [1.29, 1.82) is 0 Å². The van der Waals surface area contributed by atoms with Crippen LogP contribution in [0.3, 0.4) is 0 Å². The van der Waals surface area contributed by atoms with Crippen LogP contribution in [-0.2, 0) is 16.4 Å². The Balaban J connectivity index is 1.34. The second-order valence-corrected chi connectivity index (χ2v) is 9.30. The Labute approximate surface area is 154 Å². The lowest BCUT2D eigenvalue weighted by Crippen LogP contribution is -2.43. The predicted molar refractivity (Wildman–Crippen MR) is 101 cm³/mol. The standard InChI is InChI=1S/C19H24N4O2S/c24-26(25,17-6-7-17)23-12-9-16(10-13-23)21-18-8-11-20-19(22-18)14-15-4-2-1-3-5-15/h1-5,8,11,16-17H,6-7,9-10,12-14H2,(H,20,21,22). The summed E-state index contributed by atoms with van der Waals surface area (Å²) in [5.74, 6) is 1.60. The van der Waals surface area contributed by atoms with E-state index in [0.717, 1.165) is 37.3 Å². The molecule has 1 aromatic heterocycles. The van der Waals surface area contributed by atoms with Crippen molar-refractivity contribution < 1.29 is 8.42 Å². The monoisotopic (exact) mass is 372 g/mol. The number of anilines is 1. The van der Waals surface area contributed by atoms with E-state index < -0.39 is 10.0 Å². The molecule has 7 heteroatoms. The summed E-state index contributed by atoms with van der Waals surface area (Å²) < 4.78 is 26.3. The third-order valence-electron chi connectivity index (χ3n) is 5.02. The number of rotatable bonds is 6. The van der Waals surface area contributed by atoms with Crippen molar-refractivity contribution in [1.82, 2.24) is 14.3 Å². The van der Waals surface area contributed by atoms with Crippen molar-refractivity contribution in [2.45, 2.75) is 43.4 Å². The van der Waals surface area contributed by atoms with E-state index in [1.807, 2.05) is 24.3 Å². The maximum atomic E-state index is 12.3. The van der Waals surface area contributed by atoms with Gasteiger partial charge in [-0.15, -0.1) is 0 Å². The van der Waals surface area contributed by atoms with E-state index in [-0.39, 0.29) is 11.3 Å². The lowest BCUT2D eigenvalue weighted by Gasteiger charge is -2.32. The lowest BCUT2D eigenvalue weighted by atomic mass is 10.1. The highest BCUT2D eigenvalue weighted by molar-refractivity contribution is 7.90. The molecule has 1 N–H and O–H groups in total. The van der Waals surface area contributed by atoms with Gasteiger partial charge in [-0.3, -0.25) is 0 Å². The quantitative estimate of drug-likeness (QED) is 0.843. The largest absolute Gasteiger partial charge is 0.367 e. The summed E-state index contributed by atoms with van der Waals surface area (Å²) >= 11 is 0. The third-order valence-corrected chi connectivity index (χ3v) is 7.42. The molecule has 0 unspecified atom stereocenters. The van der Waals surface area contributed by atoms with Gasteiger partial charge in [0.05, 0.1) is 5.25 Å². The average Bonchev–Trinajstić information content (AvgIpc) is 3.49.